The highest BCUT2D eigenvalue weighted by atomic mass is 16.5. The lowest BCUT2D eigenvalue weighted by Crippen LogP contribution is -2.23. The Balaban J connectivity index is 2.08. The Kier molecular flexibility index (Phi) is 4.06. The van der Waals surface area contributed by atoms with Crippen molar-refractivity contribution in [1.82, 2.24) is 4.90 Å². The van der Waals surface area contributed by atoms with Gasteiger partial charge in [0.15, 0.2) is 0 Å². The van der Waals surface area contributed by atoms with Crippen LogP contribution in [-0.2, 0) is 0 Å². The van der Waals surface area contributed by atoms with Crippen LogP contribution in [0, 0.1) is 12.3 Å². The molecule has 1 fully saturated rings. The van der Waals surface area contributed by atoms with E-state index in [0.717, 1.165) is 18.8 Å². The maximum absolute atomic E-state index is 5.45. The van der Waals surface area contributed by atoms with Crippen molar-refractivity contribution in [2.75, 3.05) is 19.7 Å². The highest BCUT2D eigenvalue weighted by molar-refractivity contribution is 5.29. The van der Waals surface area contributed by atoms with Crippen molar-refractivity contribution in [2.24, 2.45) is 0 Å². The second-order valence-electron chi connectivity index (χ2n) is 4.33. The average molecular weight is 229 g/mol. The normalized spacial score (nSPS) is 20.1. The summed E-state index contributed by atoms with van der Waals surface area (Å²) in [6.45, 7) is 4.57. The Morgan fingerprint density at radius 1 is 1.41 bits per heavy atom. The van der Waals surface area contributed by atoms with Crippen molar-refractivity contribution in [3.63, 3.8) is 0 Å². The fourth-order valence-electron chi connectivity index (χ4n) is 2.46. The molecule has 1 atom stereocenters. The van der Waals surface area contributed by atoms with E-state index in [-0.39, 0.29) is 0 Å². The van der Waals surface area contributed by atoms with Crippen LogP contribution in [0.4, 0.5) is 0 Å². The first-order valence-corrected chi connectivity index (χ1v) is 6.25. The van der Waals surface area contributed by atoms with Crippen molar-refractivity contribution in [1.29, 1.82) is 0 Å². The molecule has 0 spiro atoms. The molecule has 2 heteroatoms. The molecule has 0 radical (unpaired) electrons. The summed E-state index contributed by atoms with van der Waals surface area (Å²) in [5, 5.41) is 0. The number of nitrogens with zero attached hydrogens (tertiary/aromatic N) is 1. The molecule has 1 unspecified atom stereocenters. The second-order valence-corrected chi connectivity index (χ2v) is 4.33. The van der Waals surface area contributed by atoms with Crippen LogP contribution in [0.5, 0.6) is 5.75 Å². The Morgan fingerprint density at radius 3 is 2.82 bits per heavy atom. The predicted molar refractivity (Wildman–Crippen MR) is 70.0 cm³/mol. The van der Waals surface area contributed by atoms with E-state index in [0.29, 0.717) is 12.6 Å². The van der Waals surface area contributed by atoms with Crippen LogP contribution in [-0.4, -0.2) is 24.6 Å². The minimum atomic E-state index is 0.488. The van der Waals surface area contributed by atoms with Gasteiger partial charge < -0.3 is 4.74 Å². The Morgan fingerprint density at radius 2 is 2.18 bits per heavy atom. The summed E-state index contributed by atoms with van der Waals surface area (Å²) in [5.41, 5.74) is 1.35. The van der Waals surface area contributed by atoms with Crippen molar-refractivity contribution in [3.8, 4) is 18.1 Å². The third-order valence-corrected chi connectivity index (χ3v) is 3.23. The maximum Gasteiger partial charge on any atom is 0.119 e. The van der Waals surface area contributed by atoms with E-state index < -0.39 is 0 Å². The maximum atomic E-state index is 5.45. The first-order chi connectivity index (χ1) is 8.35. The molecule has 0 bridgehead atoms. The van der Waals surface area contributed by atoms with Gasteiger partial charge in [-0.25, -0.2) is 0 Å². The van der Waals surface area contributed by atoms with E-state index in [1.165, 1.54) is 18.4 Å². The molecule has 90 valence electrons. The van der Waals surface area contributed by atoms with Crippen LogP contribution in [0.25, 0.3) is 0 Å². The molecule has 2 nitrogen and oxygen atoms in total. The lowest BCUT2D eigenvalue weighted by atomic mass is 10.0. The van der Waals surface area contributed by atoms with Gasteiger partial charge in [0, 0.05) is 6.04 Å². The molecule has 2 rings (SSSR count). The van der Waals surface area contributed by atoms with E-state index >= 15 is 0 Å². The predicted octanol–water partition coefficient (Wildman–Crippen LogP) is 2.86. The van der Waals surface area contributed by atoms with Crippen LogP contribution >= 0.6 is 0 Å². The lowest BCUT2D eigenvalue weighted by Gasteiger charge is -2.22. The van der Waals surface area contributed by atoms with Crippen LogP contribution in [0.3, 0.4) is 0 Å². The van der Waals surface area contributed by atoms with E-state index in [2.05, 4.69) is 23.0 Å². The Labute approximate surface area is 104 Å². The minimum absolute atomic E-state index is 0.488. The van der Waals surface area contributed by atoms with E-state index in [9.17, 15) is 0 Å². The largest absolute Gasteiger partial charge is 0.494 e. The number of rotatable bonds is 4. The molecule has 1 aromatic rings. The Hall–Kier alpha value is -1.46. The summed E-state index contributed by atoms with van der Waals surface area (Å²) >= 11 is 0. The van der Waals surface area contributed by atoms with E-state index in [1.807, 2.05) is 19.1 Å². The summed E-state index contributed by atoms with van der Waals surface area (Å²) in [4.78, 5) is 2.37. The third kappa shape index (κ3) is 2.81. The molecule has 1 aliphatic rings. The molecule has 17 heavy (non-hydrogen) atoms. The summed E-state index contributed by atoms with van der Waals surface area (Å²) in [6, 6.07) is 8.90. The van der Waals surface area contributed by atoms with Gasteiger partial charge in [-0.15, -0.1) is 6.42 Å². The summed E-state index contributed by atoms with van der Waals surface area (Å²) in [7, 11) is 0. The van der Waals surface area contributed by atoms with Crippen LogP contribution in [0.15, 0.2) is 24.3 Å². The molecule has 0 amide bonds. The first-order valence-electron chi connectivity index (χ1n) is 6.25. The fraction of sp³-hybridized carbons (Fsp3) is 0.467. The summed E-state index contributed by atoms with van der Waals surface area (Å²) in [6.07, 6.45) is 7.84. The highest BCUT2D eigenvalue weighted by Gasteiger charge is 2.24. The topological polar surface area (TPSA) is 12.5 Å². The molecular formula is C15H19NO. The zero-order valence-electron chi connectivity index (χ0n) is 10.4. The number of ether oxygens (including phenoxy) is 1. The molecule has 0 aliphatic carbocycles. The number of benzene rings is 1. The lowest BCUT2D eigenvalue weighted by molar-refractivity contribution is 0.289. The summed E-state index contributed by atoms with van der Waals surface area (Å²) in [5.74, 6) is 3.68. The van der Waals surface area contributed by atoms with Crippen molar-refractivity contribution >= 4 is 0 Å². The quantitative estimate of drug-likeness (QED) is 0.736. The van der Waals surface area contributed by atoms with Gasteiger partial charge in [-0.2, -0.15) is 0 Å². The van der Waals surface area contributed by atoms with Gasteiger partial charge in [0.1, 0.15) is 5.75 Å². The average Bonchev–Trinajstić information content (AvgIpc) is 2.79. The van der Waals surface area contributed by atoms with Crippen LogP contribution < -0.4 is 4.74 Å². The van der Waals surface area contributed by atoms with Gasteiger partial charge >= 0.3 is 0 Å². The minimum Gasteiger partial charge on any atom is -0.494 e. The van der Waals surface area contributed by atoms with Crippen molar-refractivity contribution in [3.05, 3.63) is 29.8 Å². The Bertz CT molecular complexity index is 390. The number of likely N-dealkylation sites (tertiary alicyclic amines) is 1. The standard InChI is InChI=1S/C15H19NO/c1-3-11-16-12-5-6-15(16)13-7-9-14(10-8-13)17-4-2/h1,7-10,15H,4-6,11-12H2,2H3. The molecule has 1 aliphatic heterocycles. The van der Waals surface area contributed by atoms with Crippen molar-refractivity contribution < 1.29 is 4.74 Å². The number of hydrogen-bond acceptors (Lipinski definition) is 2. The zero-order valence-corrected chi connectivity index (χ0v) is 10.4. The molecular weight excluding hydrogens is 210 g/mol. The van der Waals surface area contributed by atoms with E-state index in [4.69, 9.17) is 11.2 Å². The number of hydrogen-bond donors (Lipinski definition) is 0. The number of terminal acetylenes is 1. The van der Waals surface area contributed by atoms with Crippen LogP contribution in [0.1, 0.15) is 31.4 Å². The fourth-order valence-corrected chi connectivity index (χ4v) is 2.46. The molecule has 1 heterocycles. The monoisotopic (exact) mass is 229 g/mol. The molecule has 1 saturated heterocycles. The van der Waals surface area contributed by atoms with Gasteiger partial charge in [-0.05, 0) is 44.0 Å². The SMILES string of the molecule is C#CCN1CCCC1c1ccc(OCC)cc1. The van der Waals surface area contributed by atoms with Gasteiger partial charge in [0.2, 0.25) is 0 Å². The molecule has 0 saturated carbocycles. The highest BCUT2D eigenvalue weighted by Crippen LogP contribution is 2.32. The summed E-state index contributed by atoms with van der Waals surface area (Å²) < 4.78 is 5.45. The second kappa shape index (κ2) is 5.75. The first kappa shape index (κ1) is 12.0. The van der Waals surface area contributed by atoms with Gasteiger partial charge in [-0.1, -0.05) is 18.1 Å². The van der Waals surface area contributed by atoms with Gasteiger partial charge in [0.25, 0.3) is 0 Å². The smallest absolute Gasteiger partial charge is 0.119 e. The van der Waals surface area contributed by atoms with E-state index in [1.54, 1.807) is 0 Å². The third-order valence-electron chi connectivity index (χ3n) is 3.23. The van der Waals surface area contributed by atoms with Crippen LogP contribution in [0.2, 0.25) is 0 Å². The van der Waals surface area contributed by atoms with Gasteiger partial charge in [0.05, 0.1) is 13.2 Å². The zero-order chi connectivity index (χ0) is 12.1. The van der Waals surface area contributed by atoms with Gasteiger partial charge in [-0.3, -0.25) is 4.90 Å². The molecule has 0 N–H and O–H groups in total. The van der Waals surface area contributed by atoms with Crippen molar-refractivity contribution in [2.45, 2.75) is 25.8 Å². The molecule has 1 aromatic carbocycles. The molecule has 0 aromatic heterocycles.